The minimum absolute atomic E-state index is 0.0439. The summed E-state index contributed by atoms with van der Waals surface area (Å²) >= 11 is 0. The first-order valence-corrected chi connectivity index (χ1v) is 8.34. The molecule has 3 rings (SSSR count). The van der Waals surface area contributed by atoms with Gasteiger partial charge in [0, 0.05) is 44.5 Å². The standard InChI is InChI=1S/C18H24N4O2/c1-3-24-12-13-5-4-6-15(7-13)21-18(23)17-10-19-9-16(17)14-8-20-22(2)11-14/h4-8,11,16-17,19H,3,9-10,12H2,1-2H3,(H,21,23)/t16-,17+/m1/s1. The zero-order valence-corrected chi connectivity index (χ0v) is 14.2. The van der Waals surface area contributed by atoms with Crippen LogP contribution in [0.5, 0.6) is 0 Å². The second kappa shape index (κ2) is 7.59. The van der Waals surface area contributed by atoms with Crippen molar-refractivity contribution in [2.24, 2.45) is 13.0 Å². The Morgan fingerprint density at radius 2 is 2.33 bits per heavy atom. The molecule has 2 N–H and O–H groups in total. The number of nitrogens with zero attached hydrogens (tertiary/aromatic N) is 2. The Labute approximate surface area is 142 Å². The Bertz CT molecular complexity index is 698. The number of rotatable bonds is 6. The van der Waals surface area contributed by atoms with E-state index in [1.807, 2.05) is 50.6 Å². The molecule has 1 aromatic heterocycles. The van der Waals surface area contributed by atoms with Gasteiger partial charge in [0.2, 0.25) is 5.91 Å². The van der Waals surface area contributed by atoms with Gasteiger partial charge in [-0.3, -0.25) is 9.48 Å². The van der Waals surface area contributed by atoms with Crippen LogP contribution >= 0.6 is 0 Å². The summed E-state index contributed by atoms with van der Waals surface area (Å²) in [6.07, 6.45) is 3.83. The third kappa shape index (κ3) is 3.83. The van der Waals surface area contributed by atoms with Crippen molar-refractivity contribution in [1.29, 1.82) is 0 Å². The average molecular weight is 328 g/mol. The average Bonchev–Trinajstić information content (AvgIpc) is 3.21. The van der Waals surface area contributed by atoms with E-state index in [9.17, 15) is 4.79 Å². The number of nitrogens with one attached hydrogen (secondary N) is 2. The number of aryl methyl sites for hydroxylation is 1. The van der Waals surface area contributed by atoms with Crippen LogP contribution in [0.3, 0.4) is 0 Å². The first kappa shape index (κ1) is 16.7. The van der Waals surface area contributed by atoms with E-state index in [2.05, 4.69) is 15.7 Å². The fourth-order valence-corrected chi connectivity index (χ4v) is 3.13. The van der Waals surface area contributed by atoms with Gasteiger partial charge in [0.15, 0.2) is 0 Å². The lowest BCUT2D eigenvalue weighted by atomic mass is 9.90. The number of ether oxygens (including phenoxy) is 1. The van der Waals surface area contributed by atoms with Crippen molar-refractivity contribution in [1.82, 2.24) is 15.1 Å². The molecule has 1 saturated heterocycles. The molecule has 128 valence electrons. The highest BCUT2D eigenvalue weighted by molar-refractivity contribution is 5.93. The number of anilines is 1. The zero-order valence-electron chi connectivity index (χ0n) is 14.2. The maximum atomic E-state index is 12.7. The number of amides is 1. The lowest BCUT2D eigenvalue weighted by molar-refractivity contribution is -0.119. The summed E-state index contributed by atoms with van der Waals surface area (Å²) in [5, 5.41) is 10.6. The summed E-state index contributed by atoms with van der Waals surface area (Å²) in [5.41, 5.74) is 2.98. The van der Waals surface area contributed by atoms with Crippen LogP contribution in [0.15, 0.2) is 36.7 Å². The number of hydrogen-bond acceptors (Lipinski definition) is 4. The molecule has 24 heavy (non-hydrogen) atoms. The molecule has 0 aliphatic carbocycles. The Hall–Kier alpha value is -2.18. The fourth-order valence-electron chi connectivity index (χ4n) is 3.13. The normalized spacial score (nSPS) is 20.2. The minimum Gasteiger partial charge on any atom is -0.377 e. The molecule has 1 aliphatic rings. The van der Waals surface area contributed by atoms with Crippen molar-refractivity contribution in [3.63, 3.8) is 0 Å². The summed E-state index contributed by atoms with van der Waals surface area (Å²) in [6.45, 7) is 4.69. The van der Waals surface area contributed by atoms with Gasteiger partial charge in [-0.05, 0) is 30.2 Å². The maximum absolute atomic E-state index is 12.7. The molecule has 0 bridgehead atoms. The molecule has 2 atom stereocenters. The number of carbonyl (C=O) groups excluding carboxylic acids is 1. The SMILES string of the molecule is CCOCc1cccc(NC(=O)[C@H]2CNC[C@@H]2c2cnn(C)c2)c1. The van der Waals surface area contributed by atoms with Gasteiger partial charge in [0.05, 0.1) is 18.7 Å². The molecule has 6 heteroatoms. The predicted octanol–water partition coefficient (Wildman–Crippen LogP) is 1.90. The third-order valence-electron chi connectivity index (χ3n) is 4.37. The highest BCUT2D eigenvalue weighted by atomic mass is 16.5. The van der Waals surface area contributed by atoms with Gasteiger partial charge >= 0.3 is 0 Å². The van der Waals surface area contributed by atoms with Gasteiger partial charge in [-0.2, -0.15) is 5.10 Å². The molecule has 1 amide bonds. The van der Waals surface area contributed by atoms with Crippen LogP contribution in [0.2, 0.25) is 0 Å². The molecule has 1 aromatic carbocycles. The summed E-state index contributed by atoms with van der Waals surface area (Å²) in [7, 11) is 1.89. The van der Waals surface area contributed by atoms with Crippen LogP contribution < -0.4 is 10.6 Å². The van der Waals surface area contributed by atoms with Crippen molar-refractivity contribution in [3.05, 3.63) is 47.8 Å². The first-order valence-electron chi connectivity index (χ1n) is 8.34. The summed E-state index contributed by atoms with van der Waals surface area (Å²) < 4.78 is 7.20. The van der Waals surface area contributed by atoms with Gasteiger partial charge in [0.1, 0.15) is 0 Å². The van der Waals surface area contributed by atoms with Crippen molar-refractivity contribution < 1.29 is 9.53 Å². The van der Waals surface area contributed by atoms with Crippen LogP contribution in [-0.2, 0) is 23.2 Å². The summed E-state index contributed by atoms with van der Waals surface area (Å²) in [5.74, 6) is 0.109. The zero-order chi connectivity index (χ0) is 16.9. The topological polar surface area (TPSA) is 68.2 Å². The molecule has 0 saturated carbocycles. The second-order valence-corrected chi connectivity index (χ2v) is 6.15. The van der Waals surface area contributed by atoms with Crippen molar-refractivity contribution >= 4 is 11.6 Å². The van der Waals surface area contributed by atoms with E-state index in [0.29, 0.717) is 19.8 Å². The number of carbonyl (C=O) groups is 1. The third-order valence-corrected chi connectivity index (χ3v) is 4.37. The Balaban J connectivity index is 1.67. The Morgan fingerprint density at radius 1 is 1.46 bits per heavy atom. The Kier molecular flexibility index (Phi) is 5.27. The van der Waals surface area contributed by atoms with E-state index < -0.39 is 0 Å². The lowest BCUT2D eigenvalue weighted by Crippen LogP contribution is -2.28. The minimum atomic E-state index is -0.0928. The van der Waals surface area contributed by atoms with Crippen LogP contribution in [0.25, 0.3) is 0 Å². The fraction of sp³-hybridized carbons (Fsp3) is 0.444. The van der Waals surface area contributed by atoms with Crippen LogP contribution in [-0.4, -0.2) is 35.4 Å². The molecule has 0 unspecified atom stereocenters. The summed E-state index contributed by atoms with van der Waals surface area (Å²) in [6, 6.07) is 7.82. The molecule has 6 nitrogen and oxygen atoms in total. The van der Waals surface area contributed by atoms with Gasteiger partial charge in [0.25, 0.3) is 0 Å². The van der Waals surface area contributed by atoms with E-state index in [1.165, 1.54) is 0 Å². The van der Waals surface area contributed by atoms with Gasteiger partial charge in [-0.15, -0.1) is 0 Å². The highest BCUT2D eigenvalue weighted by Gasteiger charge is 2.34. The summed E-state index contributed by atoms with van der Waals surface area (Å²) in [4.78, 5) is 12.7. The van der Waals surface area contributed by atoms with E-state index in [-0.39, 0.29) is 17.7 Å². The van der Waals surface area contributed by atoms with E-state index >= 15 is 0 Å². The maximum Gasteiger partial charge on any atom is 0.229 e. The van der Waals surface area contributed by atoms with Crippen molar-refractivity contribution in [3.8, 4) is 0 Å². The van der Waals surface area contributed by atoms with Gasteiger partial charge in [-0.1, -0.05) is 12.1 Å². The molecular formula is C18H24N4O2. The van der Waals surface area contributed by atoms with E-state index in [0.717, 1.165) is 23.4 Å². The largest absolute Gasteiger partial charge is 0.377 e. The van der Waals surface area contributed by atoms with Crippen LogP contribution in [0.1, 0.15) is 24.0 Å². The van der Waals surface area contributed by atoms with Crippen molar-refractivity contribution in [2.45, 2.75) is 19.4 Å². The monoisotopic (exact) mass is 328 g/mol. The van der Waals surface area contributed by atoms with Crippen LogP contribution in [0.4, 0.5) is 5.69 Å². The quantitative estimate of drug-likeness (QED) is 0.850. The molecule has 0 spiro atoms. The molecule has 1 fully saturated rings. The molecular weight excluding hydrogens is 304 g/mol. The first-order chi connectivity index (χ1) is 11.7. The second-order valence-electron chi connectivity index (χ2n) is 6.15. The molecule has 0 radical (unpaired) electrons. The van der Waals surface area contributed by atoms with E-state index in [1.54, 1.807) is 4.68 Å². The van der Waals surface area contributed by atoms with E-state index in [4.69, 9.17) is 4.74 Å². The van der Waals surface area contributed by atoms with Gasteiger partial charge in [-0.25, -0.2) is 0 Å². The number of aromatic nitrogens is 2. The Morgan fingerprint density at radius 3 is 3.08 bits per heavy atom. The number of benzene rings is 1. The highest BCUT2D eigenvalue weighted by Crippen LogP contribution is 2.29. The lowest BCUT2D eigenvalue weighted by Gasteiger charge is -2.17. The smallest absolute Gasteiger partial charge is 0.229 e. The molecule has 1 aliphatic heterocycles. The predicted molar refractivity (Wildman–Crippen MR) is 92.7 cm³/mol. The van der Waals surface area contributed by atoms with Crippen LogP contribution in [0, 0.1) is 5.92 Å². The number of hydrogen-bond donors (Lipinski definition) is 2. The molecule has 2 heterocycles. The van der Waals surface area contributed by atoms with Gasteiger partial charge < -0.3 is 15.4 Å². The van der Waals surface area contributed by atoms with Crippen molar-refractivity contribution in [2.75, 3.05) is 25.0 Å². The molecule has 2 aromatic rings.